The fourth-order valence-corrected chi connectivity index (χ4v) is 2.51. The smallest absolute Gasteiger partial charge is 0.191 e. The van der Waals surface area contributed by atoms with Gasteiger partial charge in [0.1, 0.15) is 5.69 Å². The summed E-state index contributed by atoms with van der Waals surface area (Å²) in [4.78, 5) is 4.57. The van der Waals surface area contributed by atoms with E-state index in [0.29, 0.717) is 6.54 Å². The molecular weight excluding hydrogens is 455 g/mol. The van der Waals surface area contributed by atoms with E-state index in [4.69, 9.17) is 4.52 Å². The van der Waals surface area contributed by atoms with Gasteiger partial charge in [0.2, 0.25) is 0 Å². The molecule has 3 rings (SSSR count). The summed E-state index contributed by atoms with van der Waals surface area (Å²) in [5, 5.41) is 14.9. The highest BCUT2D eigenvalue weighted by molar-refractivity contribution is 14.0. The summed E-state index contributed by atoms with van der Waals surface area (Å²) in [6.45, 7) is 5.01. The number of nitrogens with one attached hydrogen (secondary N) is 2. The molecule has 144 valence electrons. The Labute approximate surface area is 176 Å². The predicted molar refractivity (Wildman–Crippen MR) is 117 cm³/mol. The quantitative estimate of drug-likeness (QED) is 0.224. The van der Waals surface area contributed by atoms with Gasteiger partial charge in [-0.1, -0.05) is 35.5 Å². The molecule has 2 N–H and O–H groups in total. The third-order valence-corrected chi connectivity index (χ3v) is 3.78. The lowest BCUT2D eigenvalue weighted by molar-refractivity contribution is 0.424. The minimum Gasteiger partial charge on any atom is -0.357 e. The highest BCUT2D eigenvalue weighted by Gasteiger charge is 2.06. The second-order valence-electron chi connectivity index (χ2n) is 5.79. The van der Waals surface area contributed by atoms with Gasteiger partial charge in [-0.05, 0) is 19.4 Å². The first-order valence-electron chi connectivity index (χ1n) is 8.86. The maximum absolute atomic E-state index is 5.41. The zero-order valence-electron chi connectivity index (χ0n) is 15.3. The molecule has 0 bridgehead atoms. The fourth-order valence-electron chi connectivity index (χ4n) is 2.51. The van der Waals surface area contributed by atoms with E-state index in [1.54, 1.807) is 6.20 Å². The SMILES string of the molecule is CCNC(=NCc1cc(-c2ccccc2)on1)NCCCn1cccn1.I. The van der Waals surface area contributed by atoms with Gasteiger partial charge >= 0.3 is 0 Å². The minimum atomic E-state index is 0. The summed E-state index contributed by atoms with van der Waals surface area (Å²) in [5.41, 5.74) is 1.82. The van der Waals surface area contributed by atoms with Crippen molar-refractivity contribution in [1.82, 2.24) is 25.6 Å². The van der Waals surface area contributed by atoms with Crippen LogP contribution < -0.4 is 10.6 Å². The number of nitrogens with zero attached hydrogens (tertiary/aromatic N) is 4. The zero-order valence-corrected chi connectivity index (χ0v) is 17.7. The fraction of sp³-hybridized carbons (Fsp3) is 0.316. The lowest BCUT2D eigenvalue weighted by Crippen LogP contribution is -2.38. The van der Waals surface area contributed by atoms with Gasteiger partial charge < -0.3 is 15.2 Å². The van der Waals surface area contributed by atoms with E-state index < -0.39 is 0 Å². The van der Waals surface area contributed by atoms with Crippen molar-refractivity contribution in [2.24, 2.45) is 4.99 Å². The molecule has 0 fully saturated rings. The van der Waals surface area contributed by atoms with Crippen LogP contribution in [0.25, 0.3) is 11.3 Å². The number of aliphatic imine (C=N–C) groups is 1. The van der Waals surface area contributed by atoms with Crippen LogP contribution >= 0.6 is 24.0 Å². The molecule has 0 radical (unpaired) electrons. The molecular formula is C19H25IN6O. The average molecular weight is 480 g/mol. The lowest BCUT2D eigenvalue weighted by Gasteiger charge is -2.10. The van der Waals surface area contributed by atoms with E-state index in [1.165, 1.54) is 0 Å². The van der Waals surface area contributed by atoms with Gasteiger partial charge in [-0.25, -0.2) is 4.99 Å². The topological polar surface area (TPSA) is 80.3 Å². The Morgan fingerprint density at radius 2 is 2.04 bits per heavy atom. The molecule has 0 unspecified atom stereocenters. The van der Waals surface area contributed by atoms with Crippen molar-refractivity contribution in [3.8, 4) is 11.3 Å². The predicted octanol–water partition coefficient (Wildman–Crippen LogP) is 3.30. The standard InChI is InChI=1S/C19H24N6O.HI/c1-2-20-19(21-10-6-12-25-13-7-11-23-25)22-15-17-14-18(26-24-17)16-8-4-3-5-9-16;/h3-5,7-9,11,13-14H,2,6,10,12,15H2,1H3,(H2,20,21,22);1H. The van der Waals surface area contributed by atoms with Crippen molar-refractivity contribution >= 4 is 29.9 Å². The van der Waals surface area contributed by atoms with Gasteiger partial charge in [0, 0.05) is 43.7 Å². The number of benzene rings is 1. The van der Waals surface area contributed by atoms with Gasteiger partial charge in [-0.15, -0.1) is 24.0 Å². The number of rotatable bonds is 8. The molecule has 3 aromatic rings. The molecule has 0 spiro atoms. The van der Waals surface area contributed by atoms with E-state index in [-0.39, 0.29) is 24.0 Å². The third kappa shape index (κ3) is 6.70. The van der Waals surface area contributed by atoms with Gasteiger partial charge in [0.25, 0.3) is 0 Å². The van der Waals surface area contributed by atoms with E-state index >= 15 is 0 Å². The van der Waals surface area contributed by atoms with Crippen molar-refractivity contribution in [2.45, 2.75) is 26.4 Å². The Morgan fingerprint density at radius 1 is 1.19 bits per heavy atom. The van der Waals surface area contributed by atoms with Crippen LogP contribution in [0.1, 0.15) is 19.0 Å². The molecule has 0 aliphatic carbocycles. The number of halogens is 1. The van der Waals surface area contributed by atoms with Crippen molar-refractivity contribution in [1.29, 1.82) is 0 Å². The second-order valence-corrected chi connectivity index (χ2v) is 5.79. The second kappa shape index (κ2) is 11.4. The van der Waals surface area contributed by atoms with Crippen molar-refractivity contribution in [3.63, 3.8) is 0 Å². The molecule has 7 nitrogen and oxygen atoms in total. The molecule has 8 heteroatoms. The number of hydrogen-bond acceptors (Lipinski definition) is 4. The molecule has 27 heavy (non-hydrogen) atoms. The molecule has 0 amide bonds. The summed E-state index contributed by atoms with van der Waals surface area (Å²) in [7, 11) is 0. The Hall–Kier alpha value is -2.36. The van der Waals surface area contributed by atoms with Crippen LogP contribution in [0.3, 0.4) is 0 Å². The minimum absolute atomic E-state index is 0. The van der Waals surface area contributed by atoms with E-state index in [0.717, 1.165) is 49.0 Å². The van der Waals surface area contributed by atoms with Crippen LogP contribution in [-0.2, 0) is 13.1 Å². The van der Waals surface area contributed by atoms with Crippen molar-refractivity contribution in [3.05, 3.63) is 60.6 Å². The summed E-state index contributed by atoms with van der Waals surface area (Å²) in [6, 6.07) is 13.8. The van der Waals surface area contributed by atoms with E-state index in [1.807, 2.05) is 60.3 Å². The van der Waals surface area contributed by atoms with Crippen LogP contribution in [0.5, 0.6) is 0 Å². The number of hydrogen-bond donors (Lipinski definition) is 2. The lowest BCUT2D eigenvalue weighted by atomic mass is 10.2. The molecule has 2 heterocycles. The number of aryl methyl sites for hydroxylation is 1. The van der Waals surface area contributed by atoms with Crippen molar-refractivity contribution in [2.75, 3.05) is 13.1 Å². The zero-order chi connectivity index (χ0) is 18.0. The van der Waals surface area contributed by atoms with Gasteiger partial charge in [0.05, 0.1) is 6.54 Å². The van der Waals surface area contributed by atoms with Crippen molar-refractivity contribution < 1.29 is 4.52 Å². The summed E-state index contributed by atoms with van der Waals surface area (Å²) < 4.78 is 7.34. The van der Waals surface area contributed by atoms with E-state index in [2.05, 4.69) is 25.9 Å². The molecule has 0 aliphatic heterocycles. The van der Waals surface area contributed by atoms with Crippen LogP contribution in [0.4, 0.5) is 0 Å². The first-order chi connectivity index (χ1) is 12.8. The molecule has 0 saturated carbocycles. The largest absolute Gasteiger partial charge is 0.357 e. The van der Waals surface area contributed by atoms with Gasteiger partial charge in [-0.3, -0.25) is 4.68 Å². The molecule has 1 aromatic carbocycles. The van der Waals surface area contributed by atoms with Gasteiger partial charge in [-0.2, -0.15) is 5.10 Å². The Kier molecular flexibility index (Phi) is 8.82. The maximum Gasteiger partial charge on any atom is 0.191 e. The molecule has 0 saturated heterocycles. The molecule has 0 atom stereocenters. The molecule has 2 aromatic heterocycles. The normalized spacial score (nSPS) is 11.1. The monoisotopic (exact) mass is 480 g/mol. The summed E-state index contributed by atoms with van der Waals surface area (Å²) >= 11 is 0. The van der Waals surface area contributed by atoms with Crippen LogP contribution in [0, 0.1) is 0 Å². The third-order valence-electron chi connectivity index (χ3n) is 3.78. The first kappa shape index (κ1) is 20.9. The Morgan fingerprint density at radius 3 is 2.78 bits per heavy atom. The molecule has 0 aliphatic rings. The summed E-state index contributed by atoms with van der Waals surface area (Å²) in [6.07, 6.45) is 4.73. The van der Waals surface area contributed by atoms with Crippen LogP contribution in [-0.4, -0.2) is 34.0 Å². The summed E-state index contributed by atoms with van der Waals surface area (Å²) in [5.74, 6) is 1.53. The van der Waals surface area contributed by atoms with E-state index in [9.17, 15) is 0 Å². The van der Waals surface area contributed by atoms with Gasteiger partial charge in [0.15, 0.2) is 11.7 Å². The highest BCUT2D eigenvalue weighted by Crippen LogP contribution is 2.19. The Balaban J connectivity index is 0.00000261. The maximum atomic E-state index is 5.41. The highest BCUT2D eigenvalue weighted by atomic mass is 127. The average Bonchev–Trinajstić information content (AvgIpc) is 3.36. The first-order valence-corrected chi connectivity index (χ1v) is 8.86. The Bertz CT molecular complexity index is 801. The number of guanidine groups is 1. The van der Waals surface area contributed by atoms with Crippen LogP contribution in [0.2, 0.25) is 0 Å². The van der Waals surface area contributed by atoms with Crippen LogP contribution in [0.15, 0.2) is 64.4 Å². The number of aromatic nitrogens is 3.